The molecule has 8 heteroatoms. The van der Waals surface area contributed by atoms with Gasteiger partial charge in [-0.1, -0.05) is 30.3 Å². The number of anilines is 1. The molecule has 30 heavy (non-hydrogen) atoms. The number of hydrogen-bond donors (Lipinski definition) is 3. The van der Waals surface area contributed by atoms with Crippen molar-refractivity contribution in [1.82, 2.24) is 10.6 Å². The number of nitrogens with zero attached hydrogens (tertiary/aromatic N) is 2. The van der Waals surface area contributed by atoms with Crippen LogP contribution in [0.25, 0.3) is 0 Å². The molecule has 4 N–H and O–H groups in total. The predicted octanol–water partition coefficient (Wildman–Crippen LogP) is 2.35. The van der Waals surface area contributed by atoms with Crippen LogP contribution in [-0.4, -0.2) is 47.1 Å². The molecule has 0 heterocycles. The van der Waals surface area contributed by atoms with E-state index in [0.717, 1.165) is 50.5 Å². The Kier molecular flexibility index (Phi) is 9.63. The van der Waals surface area contributed by atoms with E-state index in [1.807, 2.05) is 13.0 Å². The first kappa shape index (κ1) is 23.7. The molecule has 0 unspecified atom stereocenters. The van der Waals surface area contributed by atoms with Crippen LogP contribution in [0.5, 0.6) is 0 Å². The summed E-state index contributed by atoms with van der Waals surface area (Å²) in [5.74, 6) is 0.793. The number of guanidine groups is 1. The van der Waals surface area contributed by atoms with E-state index in [-0.39, 0.29) is 4.90 Å². The summed E-state index contributed by atoms with van der Waals surface area (Å²) in [7, 11) is -3.65. The zero-order chi connectivity index (χ0) is 21.8. The van der Waals surface area contributed by atoms with Crippen LogP contribution in [0.3, 0.4) is 0 Å². The highest BCUT2D eigenvalue weighted by Gasteiger charge is 2.07. The van der Waals surface area contributed by atoms with E-state index < -0.39 is 10.0 Å². The van der Waals surface area contributed by atoms with Crippen LogP contribution in [0, 0.1) is 0 Å². The normalized spacial score (nSPS) is 11.9. The number of sulfonamides is 1. The molecular formula is C22H33N5O2S. The number of primary sulfonamides is 1. The van der Waals surface area contributed by atoms with Crippen molar-refractivity contribution >= 4 is 21.7 Å². The lowest BCUT2D eigenvalue weighted by atomic mass is 10.1. The standard InChI is InChI=1S/C22H33N5O2S/c1-3-24-22(25-16-8-18-27(4-2)20-9-6-5-7-10-20)26-17-15-19-11-13-21(14-12-19)30(23,28)29/h5-7,9-14H,3-4,8,15-18H2,1-2H3,(H2,23,28,29)(H2,24,25,26). The van der Waals surface area contributed by atoms with Crippen LogP contribution in [0.4, 0.5) is 5.69 Å². The van der Waals surface area contributed by atoms with E-state index in [2.05, 4.69) is 51.7 Å². The van der Waals surface area contributed by atoms with E-state index in [1.54, 1.807) is 12.1 Å². The van der Waals surface area contributed by atoms with Crippen molar-refractivity contribution < 1.29 is 8.42 Å². The average molecular weight is 432 g/mol. The fourth-order valence-electron chi connectivity index (χ4n) is 3.07. The summed E-state index contributed by atoms with van der Waals surface area (Å²) in [5.41, 5.74) is 2.27. The van der Waals surface area contributed by atoms with Crippen molar-refractivity contribution in [3.63, 3.8) is 0 Å². The van der Waals surface area contributed by atoms with Crippen LogP contribution >= 0.6 is 0 Å². The van der Waals surface area contributed by atoms with E-state index in [1.165, 1.54) is 17.8 Å². The molecular weight excluding hydrogens is 398 g/mol. The molecule has 0 atom stereocenters. The Hall–Kier alpha value is -2.58. The molecule has 0 aliphatic carbocycles. The Balaban J connectivity index is 1.79. The third-order valence-electron chi connectivity index (χ3n) is 4.66. The first-order valence-electron chi connectivity index (χ1n) is 10.4. The molecule has 0 saturated carbocycles. The van der Waals surface area contributed by atoms with Gasteiger partial charge in [-0.15, -0.1) is 0 Å². The Morgan fingerprint density at radius 3 is 2.33 bits per heavy atom. The minimum absolute atomic E-state index is 0.130. The van der Waals surface area contributed by atoms with Gasteiger partial charge in [-0.3, -0.25) is 4.99 Å². The first-order chi connectivity index (χ1) is 14.4. The zero-order valence-corrected chi connectivity index (χ0v) is 18.7. The monoisotopic (exact) mass is 431 g/mol. The van der Waals surface area contributed by atoms with Gasteiger partial charge < -0.3 is 15.5 Å². The van der Waals surface area contributed by atoms with Crippen molar-refractivity contribution in [2.45, 2.75) is 31.6 Å². The maximum Gasteiger partial charge on any atom is 0.238 e. The van der Waals surface area contributed by atoms with Crippen LogP contribution in [0.15, 0.2) is 64.5 Å². The number of rotatable bonds is 11. The second-order valence-electron chi connectivity index (χ2n) is 6.90. The lowest BCUT2D eigenvalue weighted by Gasteiger charge is -2.22. The maximum atomic E-state index is 11.3. The fraction of sp³-hybridized carbons (Fsp3) is 0.409. The molecule has 0 amide bonds. The van der Waals surface area contributed by atoms with Gasteiger partial charge in [0, 0.05) is 38.4 Å². The van der Waals surface area contributed by atoms with Gasteiger partial charge in [0.1, 0.15) is 0 Å². The SMILES string of the molecule is CCNC(=NCCCN(CC)c1ccccc1)NCCc1ccc(S(N)(=O)=O)cc1. The van der Waals surface area contributed by atoms with Crippen molar-refractivity contribution in [1.29, 1.82) is 0 Å². The summed E-state index contributed by atoms with van der Waals surface area (Å²) in [6, 6.07) is 17.1. The topological polar surface area (TPSA) is 99.8 Å². The third kappa shape index (κ3) is 8.04. The van der Waals surface area contributed by atoms with E-state index in [0.29, 0.717) is 6.54 Å². The number of nitrogens with two attached hydrogens (primary N) is 1. The summed E-state index contributed by atoms with van der Waals surface area (Å²) in [6.45, 7) is 8.36. The van der Waals surface area contributed by atoms with Crippen LogP contribution in [0.1, 0.15) is 25.8 Å². The largest absolute Gasteiger partial charge is 0.372 e. The highest BCUT2D eigenvalue weighted by Crippen LogP contribution is 2.13. The lowest BCUT2D eigenvalue weighted by molar-refractivity contribution is 0.598. The maximum absolute atomic E-state index is 11.3. The molecule has 164 valence electrons. The molecule has 2 rings (SSSR count). The van der Waals surface area contributed by atoms with Gasteiger partial charge in [0.15, 0.2) is 5.96 Å². The number of aliphatic imine (C=N–C) groups is 1. The summed E-state index contributed by atoms with van der Waals surface area (Å²) < 4.78 is 22.6. The number of benzene rings is 2. The Bertz CT molecular complexity index is 884. The third-order valence-corrected chi connectivity index (χ3v) is 5.59. The van der Waals surface area contributed by atoms with Gasteiger partial charge in [-0.05, 0) is 56.5 Å². The smallest absolute Gasteiger partial charge is 0.238 e. The molecule has 2 aromatic carbocycles. The molecule has 0 aliphatic rings. The van der Waals surface area contributed by atoms with Crippen molar-refractivity contribution in [3.05, 3.63) is 60.2 Å². The van der Waals surface area contributed by atoms with Crippen LogP contribution in [-0.2, 0) is 16.4 Å². The minimum Gasteiger partial charge on any atom is -0.372 e. The number of hydrogen-bond acceptors (Lipinski definition) is 4. The zero-order valence-electron chi connectivity index (χ0n) is 17.8. The molecule has 0 aromatic heterocycles. The molecule has 0 spiro atoms. The second kappa shape index (κ2) is 12.2. The highest BCUT2D eigenvalue weighted by atomic mass is 32.2. The minimum atomic E-state index is -3.65. The molecule has 0 radical (unpaired) electrons. The second-order valence-corrected chi connectivity index (χ2v) is 8.46. The Morgan fingerprint density at radius 1 is 1.03 bits per heavy atom. The van der Waals surface area contributed by atoms with Gasteiger partial charge in [-0.25, -0.2) is 13.6 Å². The van der Waals surface area contributed by atoms with Gasteiger partial charge in [0.25, 0.3) is 0 Å². The summed E-state index contributed by atoms with van der Waals surface area (Å²) in [5, 5.41) is 11.7. The molecule has 7 nitrogen and oxygen atoms in total. The molecule has 0 saturated heterocycles. The Morgan fingerprint density at radius 2 is 1.73 bits per heavy atom. The van der Waals surface area contributed by atoms with E-state index >= 15 is 0 Å². The average Bonchev–Trinajstić information content (AvgIpc) is 2.74. The predicted molar refractivity (Wildman–Crippen MR) is 124 cm³/mol. The van der Waals surface area contributed by atoms with Gasteiger partial charge >= 0.3 is 0 Å². The quantitative estimate of drug-likeness (QED) is 0.288. The number of nitrogens with one attached hydrogen (secondary N) is 2. The molecule has 0 fully saturated rings. The summed E-state index contributed by atoms with van der Waals surface area (Å²) in [6.07, 6.45) is 1.72. The van der Waals surface area contributed by atoms with Crippen molar-refractivity contribution in [3.8, 4) is 0 Å². The molecule has 0 aliphatic heterocycles. The van der Waals surface area contributed by atoms with Gasteiger partial charge in [0.2, 0.25) is 10.0 Å². The number of para-hydroxylation sites is 1. The molecule has 2 aromatic rings. The first-order valence-corrected chi connectivity index (χ1v) is 11.9. The summed E-state index contributed by atoms with van der Waals surface area (Å²) >= 11 is 0. The highest BCUT2D eigenvalue weighted by molar-refractivity contribution is 7.89. The Labute approximate surface area is 180 Å². The van der Waals surface area contributed by atoms with Crippen LogP contribution < -0.4 is 20.7 Å². The fourth-order valence-corrected chi connectivity index (χ4v) is 3.59. The van der Waals surface area contributed by atoms with E-state index in [9.17, 15) is 8.42 Å². The molecule has 0 bridgehead atoms. The van der Waals surface area contributed by atoms with Gasteiger partial charge in [0.05, 0.1) is 4.90 Å². The van der Waals surface area contributed by atoms with Gasteiger partial charge in [-0.2, -0.15) is 0 Å². The van der Waals surface area contributed by atoms with E-state index in [4.69, 9.17) is 5.14 Å². The lowest BCUT2D eigenvalue weighted by Crippen LogP contribution is -2.38. The van der Waals surface area contributed by atoms with Crippen LogP contribution in [0.2, 0.25) is 0 Å². The van der Waals surface area contributed by atoms with Crippen molar-refractivity contribution in [2.75, 3.05) is 37.6 Å². The van der Waals surface area contributed by atoms with Crippen molar-refractivity contribution in [2.24, 2.45) is 10.1 Å². The summed E-state index contributed by atoms with van der Waals surface area (Å²) in [4.78, 5) is 7.14.